The van der Waals surface area contributed by atoms with Gasteiger partial charge in [0.05, 0.1) is 12.7 Å². The zero-order chi connectivity index (χ0) is 10.0. The first kappa shape index (κ1) is 10.9. The van der Waals surface area contributed by atoms with Gasteiger partial charge < -0.3 is 24.8 Å². The molecule has 0 aromatic rings. The minimum absolute atomic E-state index is 0.230. The third-order valence-corrected chi connectivity index (χ3v) is 2.38. The maximum absolute atomic E-state index is 9.54. The van der Waals surface area contributed by atoms with Crippen LogP contribution in [0.5, 0.6) is 0 Å². The van der Waals surface area contributed by atoms with Crippen molar-refractivity contribution in [2.75, 3.05) is 13.7 Å². The van der Waals surface area contributed by atoms with Crippen LogP contribution in [0.25, 0.3) is 0 Å². The van der Waals surface area contributed by atoms with Gasteiger partial charge in [-0.25, -0.2) is 0 Å². The van der Waals surface area contributed by atoms with E-state index in [9.17, 15) is 10.2 Å². The largest absolute Gasteiger partial charge is 0.394 e. The molecule has 0 radical (unpaired) electrons. The molecule has 3 unspecified atom stereocenters. The minimum atomic E-state index is -1.01. The maximum Gasteiger partial charge on any atom is 0.114 e. The average molecular weight is 192 g/mol. The molecule has 0 aliphatic carbocycles. The molecule has 1 heterocycles. The summed E-state index contributed by atoms with van der Waals surface area (Å²) in [6.45, 7) is 1.41. The van der Waals surface area contributed by atoms with E-state index >= 15 is 0 Å². The Bertz CT molecular complexity index is 161. The van der Waals surface area contributed by atoms with Crippen LogP contribution in [0.1, 0.15) is 6.92 Å². The Morgan fingerprint density at radius 3 is 2.38 bits per heavy atom. The van der Waals surface area contributed by atoms with Gasteiger partial charge in [0, 0.05) is 7.11 Å². The highest BCUT2D eigenvalue weighted by molar-refractivity contribution is 4.91. The summed E-state index contributed by atoms with van der Waals surface area (Å²) < 4.78 is 10.2. The second-order valence-corrected chi connectivity index (χ2v) is 3.24. The average Bonchev–Trinajstić information content (AvgIpc) is 2.13. The smallest absolute Gasteiger partial charge is 0.114 e. The van der Waals surface area contributed by atoms with Gasteiger partial charge in [-0.05, 0) is 6.92 Å². The molecule has 1 fully saturated rings. The summed E-state index contributed by atoms with van der Waals surface area (Å²) in [5, 5.41) is 27.9. The Kier molecular flexibility index (Phi) is 3.63. The normalized spacial score (nSPS) is 46.4. The Morgan fingerprint density at radius 1 is 1.31 bits per heavy atom. The topological polar surface area (TPSA) is 79.2 Å². The minimum Gasteiger partial charge on any atom is -0.394 e. The van der Waals surface area contributed by atoms with E-state index in [4.69, 9.17) is 14.6 Å². The fourth-order valence-corrected chi connectivity index (χ4v) is 1.56. The van der Waals surface area contributed by atoms with Crippen LogP contribution in [0.2, 0.25) is 0 Å². The molecule has 1 aliphatic rings. The fourth-order valence-electron chi connectivity index (χ4n) is 1.56. The quantitative estimate of drug-likeness (QED) is 0.496. The van der Waals surface area contributed by atoms with E-state index in [1.807, 2.05) is 0 Å². The molecule has 0 saturated carbocycles. The summed E-state index contributed by atoms with van der Waals surface area (Å²) >= 11 is 0. The van der Waals surface area contributed by atoms with Crippen molar-refractivity contribution in [2.45, 2.75) is 37.4 Å². The number of aliphatic hydroxyl groups is 3. The maximum atomic E-state index is 9.54. The molecular formula is C8H16O5. The van der Waals surface area contributed by atoms with Crippen molar-refractivity contribution in [3.63, 3.8) is 0 Å². The second kappa shape index (κ2) is 4.34. The van der Waals surface area contributed by atoms with Crippen molar-refractivity contribution in [2.24, 2.45) is 0 Å². The fraction of sp³-hybridized carbons (Fsp3) is 1.00. The number of hydrogen-bond donors (Lipinski definition) is 3. The zero-order valence-electron chi connectivity index (χ0n) is 7.75. The Labute approximate surface area is 76.9 Å². The number of methoxy groups -OCH3 is 1. The number of ether oxygens (including phenoxy) is 2. The van der Waals surface area contributed by atoms with Gasteiger partial charge in [0.1, 0.15) is 24.4 Å². The van der Waals surface area contributed by atoms with Crippen LogP contribution >= 0.6 is 0 Å². The molecule has 0 aromatic heterocycles. The molecule has 5 atom stereocenters. The van der Waals surface area contributed by atoms with E-state index in [1.54, 1.807) is 6.92 Å². The first-order valence-electron chi connectivity index (χ1n) is 4.27. The molecule has 1 aliphatic heterocycles. The summed E-state index contributed by atoms with van der Waals surface area (Å²) in [4.78, 5) is 0. The molecule has 5 nitrogen and oxygen atoms in total. The number of aliphatic hydroxyl groups excluding tert-OH is 3. The molecule has 13 heavy (non-hydrogen) atoms. The predicted octanol–water partition coefficient (Wildman–Crippen LogP) is -1.50. The third-order valence-electron chi connectivity index (χ3n) is 2.38. The standard InChI is InChI=1S/C8H16O5/c1-4-6(10)7(11)8(12-2)5(3-9)13-4/h4-11H,3H2,1-2H3/t4?,5?,6-,7?,8-/m1/s1. The molecule has 78 valence electrons. The van der Waals surface area contributed by atoms with Crippen molar-refractivity contribution in [3.8, 4) is 0 Å². The van der Waals surface area contributed by atoms with Crippen LogP contribution in [0.4, 0.5) is 0 Å². The number of rotatable bonds is 2. The first-order valence-corrected chi connectivity index (χ1v) is 4.27. The molecule has 5 heteroatoms. The highest BCUT2D eigenvalue weighted by Crippen LogP contribution is 2.22. The van der Waals surface area contributed by atoms with E-state index < -0.39 is 30.5 Å². The van der Waals surface area contributed by atoms with E-state index in [0.717, 1.165) is 0 Å². The molecule has 1 rings (SSSR count). The van der Waals surface area contributed by atoms with E-state index in [1.165, 1.54) is 7.11 Å². The highest BCUT2D eigenvalue weighted by Gasteiger charge is 2.42. The van der Waals surface area contributed by atoms with Crippen molar-refractivity contribution in [1.82, 2.24) is 0 Å². The molecule has 0 spiro atoms. The second-order valence-electron chi connectivity index (χ2n) is 3.24. The highest BCUT2D eigenvalue weighted by atomic mass is 16.6. The lowest BCUT2D eigenvalue weighted by Crippen LogP contribution is -2.58. The monoisotopic (exact) mass is 192 g/mol. The van der Waals surface area contributed by atoms with Gasteiger partial charge in [-0.15, -0.1) is 0 Å². The van der Waals surface area contributed by atoms with E-state index in [0.29, 0.717) is 0 Å². The predicted molar refractivity (Wildman–Crippen MR) is 44.2 cm³/mol. The van der Waals surface area contributed by atoms with Crippen LogP contribution in [-0.2, 0) is 9.47 Å². The van der Waals surface area contributed by atoms with Crippen LogP contribution in [0, 0.1) is 0 Å². The molecule has 0 aromatic carbocycles. The van der Waals surface area contributed by atoms with Crippen LogP contribution < -0.4 is 0 Å². The van der Waals surface area contributed by atoms with E-state index in [2.05, 4.69) is 0 Å². The van der Waals surface area contributed by atoms with Crippen molar-refractivity contribution in [1.29, 1.82) is 0 Å². The first-order chi connectivity index (χ1) is 6.11. The lowest BCUT2D eigenvalue weighted by atomic mass is 9.96. The summed E-state index contributed by atoms with van der Waals surface area (Å²) in [5.74, 6) is 0. The third kappa shape index (κ3) is 2.00. The van der Waals surface area contributed by atoms with Crippen LogP contribution in [0.15, 0.2) is 0 Å². The van der Waals surface area contributed by atoms with Gasteiger partial charge in [0.15, 0.2) is 0 Å². The molecule has 0 bridgehead atoms. The van der Waals surface area contributed by atoms with E-state index in [-0.39, 0.29) is 6.61 Å². The number of hydrogen-bond acceptors (Lipinski definition) is 5. The lowest BCUT2D eigenvalue weighted by molar-refractivity contribution is -0.231. The molecular weight excluding hydrogens is 176 g/mol. The molecule has 3 N–H and O–H groups in total. The Morgan fingerprint density at radius 2 is 1.92 bits per heavy atom. The molecule has 0 amide bonds. The van der Waals surface area contributed by atoms with Crippen molar-refractivity contribution < 1.29 is 24.8 Å². The van der Waals surface area contributed by atoms with Crippen molar-refractivity contribution in [3.05, 3.63) is 0 Å². The van der Waals surface area contributed by atoms with Gasteiger partial charge in [-0.3, -0.25) is 0 Å². The molecule has 1 saturated heterocycles. The summed E-state index contributed by atoms with van der Waals surface area (Å²) in [6, 6.07) is 0. The van der Waals surface area contributed by atoms with Crippen molar-refractivity contribution >= 4 is 0 Å². The lowest BCUT2D eigenvalue weighted by Gasteiger charge is -2.40. The van der Waals surface area contributed by atoms with Crippen LogP contribution in [0.3, 0.4) is 0 Å². The van der Waals surface area contributed by atoms with Gasteiger partial charge >= 0.3 is 0 Å². The van der Waals surface area contributed by atoms with Gasteiger partial charge in [-0.2, -0.15) is 0 Å². The summed E-state index contributed by atoms with van der Waals surface area (Å²) in [6.07, 6.45) is -3.70. The van der Waals surface area contributed by atoms with Gasteiger partial charge in [-0.1, -0.05) is 0 Å². The van der Waals surface area contributed by atoms with Gasteiger partial charge in [0.2, 0.25) is 0 Å². The van der Waals surface area contributed by atoms with Crippen LogP contribution in [-0.4, -0.2) is 59.6 Å². The summed E-state index contributed by atoms with van der Waals surface area (Å²) in [7, 11) is 1.41. The Balaban J connectivity index is 2.69. The summed E-state index contributed by atoms with van der Waals surface area (Å²) in [5.41, 5.74) is 0. The SMILES string of the molecule is CO[C@@H]1C(CO)OC(C)[C@@H](O)C1O. The zero-order valence-corrected chi connectivity index (χ0v) is 7.75. The Hall–Kier alpha value is -0.200. The van der Waals surface area contributed by atoms with Gasteiger partial charge in [0.25, 0.3) is 0 Å².